The Morgan fingerprint density at radius 2 is 1.82 bits per heavy atom. The molecule has 0 saturated heterocycles. The van der Waals surface area contributed by atoms with Crippen molar-refractivity contribution in [3.63, 3.8) is 0 Å². The van der Waals surface area contributed by atoms with Gasteiger partial charge in [-0.3, -0.25) is 0 Å². The van der Waals surface area contributed by atoms with Gasteiger partial charge in [-0.25, -0.2) is 9.97 Å². The molecule has 3 aromatic heterocycles. The summed E-state index contributed by atoms with van der Waals surface area (Å²) in [5, 5.41) is 4.28. The fourth-order valence-corrected chi connectivity index (χ4v) is 4.47. The van der Waals surface area contributed by atoms with Gasteiger partial charge in [-0.05, 0) is 84.1 Å². The van der Waals surface area contributed by atoms with Gasteiger partial charge < -0.3 is 15.0 Å². The molecule has 0 atom stereocenters. The number of allylic oxidation sites excluding steroid dienone is 1. The van der Waals surface area contributed by atoms with Crippen molar-refractivity contribution in [2.24, 2.45) is 0 Å². The summed E-state index contributed by atoms with van der Waals surface area (Å²) < 4.78 is 46.2. The molecule has 2 N–H and O–H groups in total. The highest BCUT2D eigenvalue weighted by Crippen LogP contribution is 2.37. The van der Waals surface area contributed by atoms with E-state index in [1.807, 2.05) is 68.6 Å². The molecule has 0 spiro atoms. The van der Waals surface area contributed by atoms with E-state index in [-0.39, 0.29) is 0 Å². The average molecular weight is 529 g/mol. The molecule has 3 heterocycles. The molecule has 198 valence electrons. The third-order valence-corrected chi connectivity index (χ3v) is 6.36. The summed E-state index contributed by atoms with van der Waals surface area (Å²) in [5.74, 6) is 1.12. The number of aromatic nitrogens is 3. The minimum atomic E-state index is -4.41. The van der Waals surface area contributed by atoms with Crippen LogP contribution < -0.4 is 10.1 Å². The van der Waals surface area contributed by atoms with E-state index in [9.17, 15) is 13.2 Å². The van der Waals surface area contributed by atoms with Gasteiger partial charge in [0.25, 0.3) is 0 Å². The number of nitrogens with one attached hydrogen (secondary N) is 2. The van der Waals surface area contributed by atoms with Crippen molar-refractivity contribution < 1.29 is 17.9 Å². The second-order valence-electron chi connectivity index (χ2n) is 8.96. The summed E-state index contributed by atoms with van der Waals surface area (Å²) in [6.45, 7) is 3.96. The molecule has 0 unspecified atom stereocenters. The molecule has 0 amide bonds. The number of H-pyrrole nitrogens is 1. The first-order valence-electron chi connectivity index (χ1n) is 12.7. The number of pyridine rings is 2. The fourth-order valence-electron chi connectivity index (χ4n) is 4.47. The maximum absolute atomic E-state index is 13.3. The Morgan fingerprint density at radius 3 is 2.62 bits per heavy atom. The van der Waals surface area contributed by atoms with Gasteiger partial charge in [0.15, 0.2) is 0 Å². The minimum Gasteiger partial charge on any atom is -0.438 e. The van der Waals surface area contributed by atoms with Crippen LogP contribution in [0.15, 0.2) is 91.4 Å². The zero-order chi connectivity index (χ0) is 27.4. The largest absolute Gasteiger partial charge is 0.438 e. The van der Waals surface area contributed by atoms with Crippen molar-refractivity contribution in [2.75, 3.05) is 5.32 Å². The number of hydrogen-bond acceptors (Lipinski definition) is 4. The topological polar surface area (TPSA) is 62.8 Å². The summed E-state index contributed by atoms with van der Waals surface area (Å²) in [5.41, 5.74) is 4.65. The van der Waals surface area contributed by atoms with Gasteiger partial charge in [0, 0.05) is 40.9 Å². The van der Waals surface area contributed by atoms with Gasteiger partial charge in [-0.1, -0.05) is 32.1 Å². The molecular weight excluding hydrogens is 501 g/mol. The third kappa shape index (κ3) is 5.65. The Bertz CT molecular complexity index is 1640. The maximum atomic E-state index is 13.3. The first-order chi connectivity index (χ1) is 18.9. The van der Waals surface area contributed by atoms with E-state index in [1.54, 1.807) is 18.5 Å². The summed E-state index contributed by atoms with van der Waals surface area (Å²) >= 11 is 0. The number of halogens is 3. The normalized spacial score (nSPS) is 12.1. The monoisotopic (exact) mass is 528 g/mol. The third-order valence-electron chi connectivity index (χ3n) is 6.36. The molecule has 2 aromatic carbocycles. The molecule has 0 aliphatic rings. The maximum Gasteiger partial charge on any atom is 0.416 e. The molecule has 0 aliphatic carbocycles. The van der Waals surface area contributed by atoms with Crippen molar-refractivity contribution in [3.8, 4) is 22.8 Å². The number of ether oxygens (including phenoxy) is 1. The van der Waals surface area contributed by atoms with Crippen molar-refractivity contribution in [2.45, 2.75) is 32.9 Å². The molecule has 0 aliphatic heterocycles. The summed E-state index contributed by atoms with van der Waals surface area (Å²) in [6.07, 6.45) is 4.09. The summed E-state index contributed by atoms with van der Waals surface area (Å²) in [6, 6.07) is 18.7. The van der Waals surface area contributed by atoms with Crippen LogP contribution in [0.4, 0.5) is 18.9 Å². The summed E-state index contributed by atoms with van der Waals surface area (Å²) in [4.78, 5) is 12.0. The number of rotatable bonds is 8. The van der Waals surface area contributed by atoms with E-state index in [0.29, 0.717) is 35.7 Å². The molecule has 0 bridgehead atoms. The van der Waals surface area contributed by atoms with Crippen LogP contribution in [-0.2, 0) is 12.6 Å². The van der Waals surface area contributed by atoms with E-state index in [1.165, 1.54) is 6.07 Å². The molecule has 5 nitrogen and oxygen atoms in total. The van der Waals surface area contributed by atoms with Crippen LogP contribution in [0, 0.1) is 0 Å². The summed E-state index contributed by atoms with van der Waals surface area (Å²) in [7, 11) is 0. The molecular formula is C31H27F3N4O. The van der Waals surface area contributed by atoms with Gasteiger partial charge >= 0.3 is 6.18 Å². The zero-order valence-electron chi connectivity index (χ0n) is 21.5. The number of fused-ring (bicyclic) bond motifs is 1. The predicted molar refractivity (Wildman–Crippen MR) is 149 cm³/mol. The number of hydrogen-bond donors (Lipinski definition) is 2. The Labute approximate surface area is 224 Å². The quantitative estimate of drug-likeness (QED) is 0.211. The Kier molecular flexibility index (Phi) is 7.36. The van der Waals surface area contributed by atoms with Gasteiger partial charge in [0.05, 0.1) is 5.56 Å². The number of aryl methyl sites for hydroxylation is 1. The lowest BCUT2D eigenvalue weighted by Gasteiger charge is -2.17. The van der Waals surface area contributed by atoms with Crippen molar-refractivity contribution in [3.05, 3.63) is 108 Å². The van der Waals surface area contributed by atoms with Crippen LogP contribution in [0.2, 0.25) is 0 Å². The lowest BCUT2D eigenvalue weighted by atomic mass is 10.0. The number of benzene rings is 2. The van der Waals surface area contributed by atoms with Crippen LogP contribution in [-0.4, -0.2) is 15.0 Å². The van der Waals surface area contributed by atoms with Gasteiger partial charge in [-0.15, -0.1) is 0 Å². The molecule has 5 rings (SSSR count). The van der Waals surface area contributed by atoms with Crippen LogP contribution in [0.1, 0.15) is 37.0 Å². The highest BCUT2D eigenvalue weighted by atomic mass is 19.4. The second-order valence-corrected chi connectivity index (χ2v) is 8.96. The van der Waals surface area contributed by atoms with E-state index in [0.717, 1.165) is 45.5 Å². The first-order valence-corrected chi connectivity index (χ1v) is 12.7. The molecule has 0 radical (unpaired) electrons. The number of nitrogens with zero attached hydrogens (tertiary/aromatic N) is 2. The number of anilines is 1. The van der Waals surface area contributed by atoms with E-state index < -0.39 is 11.7 Å². The highest BCUT2D eigenvalue weighted by molar-refractivity contribution is 5.94. The van der Waals surface area contributed by atoms with Crippen LogP contribution >= 0.6 is 0 Å². The SMILES string of the molecule is CC/C=C(/Nc1ccc(Oc2ncccc2-c2ccnc3[nH]ccc23)c(CC)c1)c1cccc(C(F)(F)F)c1. The lowest BCUT2D eigenvalue weighted by molar-refractivity contribution is -0.137. The minimum absolute atomic E-state index is 0.469. The Morgan fingerprint density at radius 1 is 0.949 bits per heavy atom. The van der Waals surface area contributed by atoms with Crippen molar-refractivity contribution >= 4 is 22.4 Å². The van der Waals surface area contributed by atoms with E-state index in [4.69, 9.17) is 4.74 Å². The fraction of sp³-hybridized carbons (Fsp3) is 0.161. The smallest absolute Gasteiger partial charge is 0.416 e. The lowest BCUT2D eigenvalue weighted by Crippen LogP contribution is -2.07. The van der Waals surface area contributed by atoms with Gasteiger partial charge in [-0.2, -0.15) is 13.2 Å². The van der Waals surface area contributed by atoms with Crippen LogP contribution in [0.3, 0.4) is 0 Å². The average Bonchev–Trinajstić information content (AvgIpc) is 3.43. The first kappa shape index (κ1) is 26.0. The van der Waals surface area contributed by atoms with Gasteiger partial charge in [0.1, 0.15) is 11.4 Å². The Hall–Kier alpha value is -4.59. The number of aromatic amines is 1. The zero-order valence-corrected chi connectivity index (χ0v) is 21.5. The van der Waals surface area contributed by atoms with Crippen molar-refractivity contribution in [1.82, 2.24) is 15.0 Å². The van der Waals surface area contributed by atoms with E-state index in [2.05, 4.69) is 20.3 Å². The molecule has 39 heavy (non-hydrogen) atoms. The van der Waals surface area contributed by atoms with Crippen LogP contribution in [0.5, 0.6) is 11.6 Å². The van der Waals surface area contributed by atoms with Crippen LogP contribution in [0.25, 0.3) is 27.9 Å². The molecule has 0 fully saturated rings. The van der Waals surface area contributed by atoms with E-state index >= 15 is 0 Å². The predicted octanol–water partition coefficient (Wildman–Crippen LogP) is 8.86. The molecule has 5 aromatic rings. The molecule has 0 saturated carbocycles. The molecule has 8 heteroatoms. The Balaban J connectivity index is 1.44. The van der Waals surface area contributed by atoms with Gasteiger partial charge in [0.2, 0.25) is 5.88 Å². The second kappa shape index (κ2) is 11.0. The standard InChI is InChI=1S/C31H27F3N4O/c1-3-7-27(21-8-5-9-22(18-21)31(32,33)34)38-23-11-12-28(20(4-2)19-23)39-30-26(10-6-15-37-30)24-13-16-35-29-25(24)14-17-36-29/h5-19,38H,3-4H2,1-2H3,(H,35,36)/b27-7+. The van der Waals surface area contributed by atoms with Crippen molar-refractivity contribution in [1.29, 1.82) is 0 Å². The number of alkyl halides is 3. The highest BCUT2D eigenvalue weighted by Gasteiger charge is 2.30.